The maximum Gasteiger partial charge on any atom is 0.312 e. The Kier molecular flexibility index (Phi) is 4.89. The second-order valence-electron chi connectivity index (χ2n) is 4.41. The molecule has 0 saturated heterocycles. The van der Waals surface area contributed by atoms with Crippen LogP contribution in [0.5, 0.6) is 5.75 Å². The Labute approximate surface area is 122 Å². The standard InChI is InChI=1S/C14H18N2O3S/c1-3-15-13(17)14(18)16-6-7-20-12-5-4-11(19-2)8-10(12)9-16/h4-5,8H,3,6-7,9H2,1-2H3,(H,15,17). The van der Waals surface area contributed by atoms with E-state index in [1.165, 1.54) is 0 Å². The van der Waals surface area contributed by atoms with Crippen molar-refractivity contribution >= 4 is 23.6 Å². The van der Waals surface area contributed by atoms with E-state index in [1.54, 1.807) is 30.7 Å². The fraction of sp³-hybridized carbons (Fsp3) is 0.429. The molecule has 6 heteroatoms. The number of benzene rings is 1. The molecule has 0 atom stereocenters. The molecule has 1 N–H and O–H groups in total. The number of hydrogen-bond donors (Lipinski definition) is 1. The first kappa shape index (κ1) is 14.7. The minimum Gasteiger partial charge on any atom is -0.497 e. The Hall–Kier alpha value is -1.69. The Bertz CT molecular complexity index is 519. The number of fused-ring (bicyclic) bond motifs is 1. The number of ether oxygens (including phenoxy) is 1. The number of carbonyl (C=O) groups is 2. The minimum absolute atomic E-state index is 0.440. The summed E-state index contributed by atoms with van der Waals surface area (Å²) in [7, 11) is 1.61. The predicted octanol–water partition coefficient (Wildman–Crippen LogP) is 1.27. The van der Waals surface area contributed by atoms with Crippen molar-refractivity contribution in [2.75, 3.05) is 26.0 Å². The number of rotatable bonds is 2. The molecule has 1 aromatic rings. The fourth-order valence-corrected chi connectivity index (χ4v) is 3.06. The zero-order valence-corrected chi connectivity index (χ0v) is 12.5. The van der Waals surface area contributed by atoms with Gasteiger partial charge < -0.3 is 15.0 Å². The van der Waals surface area contributed by atoms with Crippen LogP contribution in [0.2, 0.25) is 0 Å². The Morgan fingerprint density at radius 3 is 2.95 bits per heavy atom. The van der Waals surface area contributed by atoms with Gasteiger partial charge in [-0.15, -0.1) is 11.8 Å². The molecule has 0 bridgehead atoms. The largest absolute Gasteiger partial charge is 0.497 e. The van der Waals surface area contributed by atoms with Gasteiger partial charge in [-0.3, -0.25) is 9.59 Å². The number of likely N-dealkylation sites (N-methyl/N-ethyl adjacent to an activating group) is 1. The molecule has 5 nitrogen and oxygen atoms in total. The van der Waals surface area contributed by atoms with Crippen molar-refractivity contribution in [3.63, 3.8) is 0 Å². The van der Waals surface area contributed by atoms with Crippen molar-refractivity contribution in [2.24, 2.45) is 0 Å². The van der Waals surface area contributed by atoms with Gasteiger partial charge in [-0.25, -0.2) is 0 Å². The second-order valence-corrected chi connectivity index (χ2v) is 5.55. The minimum atomic E-state index is -0.538. The van der Waals surface area contributed by atoms with Crippen molar-refractivity contribution in [1.82, 2.24) is 10.2 Å². The van der Waals surface area contributed by atoms with Crippen LogP contribution >= 0.6 is 11.8 Å². The van der Waals surface area contributed by atoms with Crippen LogP contribution in [0.3, 0.4) is 0 Å². The summed E-state index contributed by atoms with van der Waals surface area (Å²) in [5, 5.41) is 2.55. The molecule has 0 fully saturated rings. The van der Waals surface area contributed by atoms with Crippen LogP contribution in [-0.2, 0) is 16.1 Å². The van der Waals surface area contributed by atoms with E-state index in [1.807, 2.05) is 18.2 Å². The third kappa shape index (κ3) is 3.25. The predicted molar refractivity (Wildman–Crippen MR) is 77.8 cm³/mol. The lowest BCUT2D eigenvalue weighted by Crippen LogP contribution is -2.43. The van der Waals surface area contributed by atoms with Gasteiger partial charge in [-0.2, -0.15) is 0 Å². The molecule has 2 amide bonds. The molecule has 1 aromatic carbocycles. The lowest BCUT2D eigenvalue weighted by atomic mass is 10.2. The van der Waals surface area contributed by atoms with E-state index in [9.17, 15) is 9.59 Å². The maximum atomic E-state index is 12.1. The lowest BCUT2D eigenvalue weighted by molar-refractivity contribution is -0.146. The van der Waals surface area contributed by atoms with Crippen LogP contribution in [0, 0.1) is 0 Å². The van der Waals surface area contributed by atoms with Crippen LogP contribution < -0.4 is 10.1 Å². The molecule has 20 heavy (non-hydrogen) atoms. The van der Waals surface area contributed by atoms with Crippen LogP contribution in [0.1, 0.15) is 12.5 Å². The Morgan fingerprint density at radius 2 is 2.25 bits per heavy atom. The third-order valence-electron chi connectivity index (χ3n) is 3.07. The quantitative estimate of drug-likeness (QED) is 0.835. The summed E-state index contributed by atoms with van der Waals surface area (Å²) < 4.78 is 5.21. The molecule has 0 spiro atoms. The first-order valence-electron chi connectivity index (χ1n) is 6.52. The van der Waals surface area contributed by atoms with E-state index in [2.05, 4.69) is 5.32 Å². The van der Waals surface area contributed by atoms with E-state index in [0.717, 1.165) is 22.0 Å². The van der Waals surface area contributed by atoms with Gasteiger partial charge >= 0.3 is 11.8 Å². The third-order valence-corrected chi connectivity index (χ3v) is 4.16. The molecule has 0 aromatic heterocycles. The van der Waals surface area contributed by atoms with Crippen LogP contribution in [-0.4, -0.2) is 42.7 Å². The number of thioether (sulfide) groups is 1. The van der Waals surface area contributed by atoms with Gasteiger partial charge in [-0.05, 0) is 30.7 Å². The number of methoxy groups -OCH3 is 1. The number of nitrogens with zero attached hydrogens (tertiary/aromatic N) is 1. The smallest absolute Gasteiger partial charge is 0.312 e. The molecule has 2 rings (SSSR count). The average molecular weight is 294 g/mol. The van der Waals surface area contributed by atoms with Gasteiger partial charge in [0.05, 0.1) is 7.11 Å². The first-order chi connectivity index (χ1) is 9.65. The molecule has 1 heterocycles. The van der Waals surface area contributed by atoms with Gasteiger partial charge in [-0.1, -0.05) is 0 Å². The molecule has 0 saturated carbocycles. The first-order valence-corrected chi connectivity index (χ1v) is 7.51. The van der Waals surface area contributed by atoms with Gasteiger partial charge in [0.25, 0.3) is 0 Å². The Morgan fingerprint density at radius 1 is 1.45 bits per heavy atom. The van der Waals surface area contributed by atoms with Gasteiger partial charge in [0, 0.05) is 30.3 Å². The topological polar surface area (TPSA) is 58.6 Å². The summed E-state index contributed by atoms with van der Waals surface area (Å²) in [6, 6.07) is 5.83. The molecule has 0 unspecified atom stereocenters. The summed E-state index contributed by atoms with van der Waals surface area (Å²) in [5.41, 5.74) is 1.02. The van der Waals surface area contributed by atoms with Crippen molar-refractivity contribution in [1.29, 1.82) is 0 Å². The van der Waals surface area contributed by atoms with E-state index in [0.29, 0.717) is 19.6 Å². The van der Waals surface area contributed by atoms with Gasteiger partial charge in [0.15, 0.2) is 0 Å². The summed E-state index contributed by atoms with van der Waals surface area (Å²) >= 11 is 1.69. The number of hydrogen-bond acceptors (Lipinski definition) is 4. The monoisotopic (exact) mass is 294 g/mol. The molecule has 0 radical (unpaired) electrons. The van der Waals surface area contributed by atoms with E-state index in [-0.39, 0.29) is 0 Å². The number of amides is 2. The highest BCUT2D eigenvalue weighted by molar-refractivity contribution is 7.99. The van der Waals surface area contributed by atoms with Gasteiger partial charge in [0.1, 0.15) is 5.75 Å². The van der Waals surface area contributed by atoms with E-state index < -0.39 is 11.8 Å². The number of carbonyl (C=O) groups excluding carboxylic acids is 2. The summed E-state index contributed by atoms with van der Waals surface area (Å²) in [4.78, 5) is 26.5. The molecule has 0 aliphatic carbocycles. The zero-order chi connectivity index (χ0) is 14.5. The normalized spacial score (nSPS) is 14.2. The fourth-order valence-electron chi connectivity index (χ4n) is 2.05. The maximum absolute atomic E-state index is 12.1. The van der Waals surface area contributed by atoms with Crippen LogP contribution in [0.25, 0.3) is 0 Å². The molecule has 108 valence electrons. The van der Waals surface area contributed by atoms with Crippen LogP contribution in [0.15, 0.2) is 23.1 Å². The highest BCUT2D eigenvalue weighted by atomic mass is 32.2. The molecular weight excluding hydrogens is 276 g/mol. The van der Waals surface area contributed by atoms with Crippen molar-refractivity contribution < 1.29 is 14.3 Å². The highest BCUT2D eigenvalue weighted by Gasteiger charge is 2.24. The molecule has 1 aliphatic rings. The van der Waals surface area contributed by atoms with E-state index in [4.69, 9.17) is 4.74 Å². The highest BCUT2D eigenvalue weighted by Crippen LogP contribution is 2.30. The summed E-state index contributed by atoms with van der Waals surface area (Å²) in [5.74, 6) is 0.536. The zero-order valence-electron chi connectivity index (χ0n) is 11.6. The van der Waals surface area contributed by atoms with Crippen molar-refractivity contribution in [3.05, 3.63) is 23.8 Å². The molecule has 1 aliphatic heterocycles. The number of nitrogens with one attached hydrogen (secondary N) is 1. The van der Waals surface area contributed by atoms with Gasteiger partial charge in [0.2, 0.25) is 0 Å². The molecular formula is C14H18N2O3S. The van der Waals surface area contributed by atoms with Crippen molar-refractivity contribution in [2.45, 2.75) is 18.4 Å². The summed E-state index contributed by atoms with van der Waals surface area (Å²) in [6.45, 7) is 3.26. The second kappa shape index (κ2) is 6.65. The Balaban J connectivity index is 2.18. The van der Waals surface area contributed by atoms with E-state index >= 15 is 0 Å². The lowest BCUT2D eigenvalue weighted by Gasteiger charge is -2.19. The van der Waals surface area contributed by atoms with Crippen LogP contribution in [0.4, 0.5) is 0 Å². The average Bonchev–Trinajstić information content (AvgIpc) is 2.67. The SMILES string of the molecule is CCNC(=O)C(=O)N1CCSc2ccc(OC)cc2C1. The summed E-state index contributed by atoms with van der Waals surface area (Å²) in [6.07, 6.45) is 0. The van der Waals surface area contributed by atoms with Crippen molar-refractivity contribution in [3.8, 4) is 5.75 Å².